The van der Waals surface area contributed by atoms with Gasteiger partial charge in [0.25, 0.3) is 5.91 Å². The number of nitrogens with zero attached hydrogens (tertiary/aromatic N) is 1. The van der Waals surface area contributed by atoms with Crippen molar-refractivity contribution in [3.63, 3.8) is 0 Å². The third-order valence-electron chi connectivity index (χ3n) is 3.88. The lowest BCUT2D eigenvalue weighted by Gasteiger charge is -2.18. The fraction of sp³-hybridized carbons (Fsp3) is 0.278. The molecule has 1 heterocycles. The lowest BCUT2D eigenvalue weighted by molar-refractivity contribution is 0.0951. The Kier molecular flexibility index (Phi) is 4.20. The van der Waals surface area contributed by atoms with Gasteiger partial charge in [-0.3, -0.25) is 4.79 Å². The van der Waals surface area contributed by atoms with Crippen molar-refractivity contribution in [2.24, 2.45) is 0 Å². The summed E-state index contributed by atoms with van der Waals surface area (Å²) in [7, 11) is 0. The van der Waals surface area contributed by atoms with E-state index in [0.29, 0.717) is 6.54 Å². The van der Waals surface area contributed by atoms with Crippen LogP contribution in [0.4, 0.5) is 5.69 Å². The van der Waals surface area contributed by atoms with Crippen molar-refractivity contribution in [2.45, 2.75) is 19.4 Å². The van der Waals surface area contributed by atoms with Crippen molar-refractivity contribution in [3.8, 4) is 0 Å². The van der Waals surface area contributed by atoms with E-state index in [1.165, 1.54) is 12.8 Å². The average Bonchev–Trinajstić information content (AvgIpc) is 3.08. The molecule has 3 rings (SSSR count). The van der Waals surface area contributed by atoms with Crippen LogP contribution in [0.2, 0.25) is 0 Å². The fourth-order valence-corrected chi connectivity index (χ4v) is 2.70. The summed E-state index contributed by atoms with van der Waals surface area (Å²) in [5.74, 6) is -0.0140. The second kappa shape index (κ2) is 6.44. The standard InChI is InChI=1S/C18H20N2O/c21-18(19-14-15-7-2-1-3-8-15)16-9-6-10-17(13-16)20-11-4-5-12-20/h1-3,6-10,13H,4-5,11-12,14H2,(H,19,21). The molecule has 0 aromatic heterocycles. The van der Waals surface area contributed by atoms with Crippen LogP contribution in [-0.2, 0) is 6.54 Å². The molecule has 2 aromatic carbocycles. The lowest BCUT2D eigenvalue weighted by atomic mass is 10.1. The Labute approximate surface area is 125 Å². The summed E-state index contributed by atoms with van der Waals surface area (Å²) in [4.78, 5) is 14.6. The number of hydrogen-bond acceptors (Lipinski definition) is 2. The minimum Gasteiger partial charge on any atom is -0.372 e. The smallest absolute Gasteiger partial charge is 0.251 e. The summed E-state index contributed by atoms with van der Waals surface area (Å²) in [6.45, 7) is 2.75. The van der Waals surface area contributed by atoms with Crippen molar-refractivity contribution >= 4 is 11.6 Å². The summed E-state index contributed by atoms with van der Waals surface area (Å²) >= 11 is 0. The lowest BCUT2D eigenvalue weighted by Crippen LogP contribution is -2.23. The minimum absolute atomic E-state index is 0.0140. The SMILES string of the molecule is O=C(NCc1ccccc1)c1cccc(N2CCCC2)c1. The molecule has 0 bridgehead atoms. The summed E-state index contributed by atoms with van der Waals surface area (Å²) in [5, 5.41) is 2.98. The quantitative estimate of drug-likeness (QED) is 0.932. The highest BCUT2D eigenvalue weighted by Gasteiger charge is 2.14. The Balaban J connectivity index is 1.65. The number of carbonyl (C=O) groups excluding carboxylic acids is 1. The van der Waals surface area contributed by atoms with E-state index in [1.807, 2.05) is 48.5 Å². The number of benzene rings is 2. The third-order valence-corrected chi connectivity index (χ3v) is 3.88. The van der Waals surface area contributed by atoms with Crippen molar-refractivity contribution in [1.29, 1.82) is 0 Å². The molecule has 108 valence electrons. The Morgan fingerprint density at radius 3 is 2.52 bits per heavy atom. The maximum atomic E-state index is 12.3. The molecule has 1 fully saturated rings. The van der Waals surface area contributed by atoms with Crippen LogP contribution in [0, 0.1) is 0 Å². The number of rotatable bonds is 4. The molecule has 1 aliphatic heterocycles. The van der Waals surface area contributed by atoms with Crippen molar-refractivity contribution in [3.05, 3.63) is 65.7 Å². The van der Waals surface area contributed by atoms with Gasteiger partial charge >= 0.3 is 0 Å². The van der Waals surface area contributed by atoms with Gasteiger partial charge in [-0.2, -0.15) is 0 Å². The maximum Gasteiger partial charge on any atom is 0.251 e. The molecule has 0 aliphatic carbocycles. The Bertz CT molecular complexity index is 604. The van der Waals surface area contributed by atoms with Crippen molar-refractivity contribution < 1.29 is 4.79 Å². The normalized spacial score (nSPS) is 14.2. The van der Waals surface area contributed by atoms with E-state index in [0.717, 1.165) is 29.9 Å². The van der Waals surface area contributed by atoms with Crippen LogP contribution in [0.5, 0.6) is 0 Å². The molecule has 1 N–H and O–H groups in total. The molecule has 0 spiro atoms. The predicted molar refractivity (Wildman–Crippen MR) is 85.5 cm³/mol. The van der Waals surface area contributed by atoms with E-state index >= 15 is 0 Å². The first kappa shape index (κ1) is 13.7. The average molecular weight is 280 g/mol. The highest BCUT2D eigenvalue weighted by molar-refractivity contribution is 5.95. The van der Waals surface area contributed by atoms with E-state index in [9.17, 15) is 4.79 Å². The monoisotopic (exact) mass is 280 g/mol. The van der Waals surface area contributed by atoms with Crippen molar-refractivity contribution in [2.75, 3.05) is 18.0 Å². The van der Waals surface area contributed by atoms with Crippen LogP contribution in [0.25, 0.3) is 0 Å². The molecule has 0 atom stereocenters. The molecule has 1 amide bonds. The first-order valence-electron chi connectivity index (χ1n) is 7.50. The number of nitrogens with one attached hydrogen (secondary N) is 1. The molecule has 1 saturated heterocycles. The predicted octanol–water partition coefficient (Wildman–Crippen LogP) is 3.22. The summed E-state index contributed by atoms with van der Waals surface area (Å²) in [6.07, 6.45) is 2.48. The maximum absolute atomic E-state index is 12.3. The van der Waals surface area contributed by atoms with Crippen LogP contribution >= 0.6 is 0 Å². The summed E-state index contributed by atoms with van der Waals surface area (Å²) < 4.78 is 0. The highest BCUT2D eigenvalue weighted by atomic mass is 16.1. The molecule has 3 nitrogen and oxygen atoms in total. The molecule has 1 aliphatic rings. The van der Waals surface area contributed by atoms with E-state index in [4.69, 9.17) is 0 Å². The largest absolute Gasteiger partial charge is 0.372 e. The van der Waals surface area contributed by atoms with Gasteiger partial charge in [0.1, 0.15) is 0 Å². The van der Waals surface area contributed by atoms with Gasteiger partial charge < -0.3 is 10.2 Å². The number of amides is 1. The summed E-state index contributed by atoms with van der Waals surface area (Å²) in [6, 6.07) is 17.9. The van der Waals surface area contributed by atoms with Gasteiger partial charge in [0.2, 0.25) is 0 Å². The third kappa shape index (κ3) is 3.43. The highest BCUT2D eigenvalue weighted by Crippen LogP contribution is 2.21. The zero-order valence-corrected chi connectivity index (χ0v) is 12.1. The van der Waals surface area contributed by atoms with Crippen LogP contribution in [0.1, 0.15) is 28.8 Å². The zero-order valence-electron chi connectivity index (χ0n) is 12.1. The van der Waals surface area contributed by atoms with E-state index in [1.54, 1.807) is 0 Å². The van der Waals surface area contributed by atoms with Gasteiger partial charge in [0.15, 0.2) is 0 Å². The van der Waals surface area contributed by atoms with Crippen LogP contribution < -0.4 is 10.2 Å². The second-order valence-electron chi connectivity index (χ2n) is 5.41. The fourth-order valence-electron chi connectivity index (χ4n) is 2.70. The van der Waals surface area contributed by atoms with Crippen LogP contribution in [0.15, 0.2) is 54.6 Å². The van der Waals surface area contributed by atoms with Crippen LogP contribution in [0.3, 0.4) is 0 Å². The van der Waals surface area contributed by atoms with Gasteiger partial charge in [-0.15, -0.1) is 0 Å². The molecule has 2 aromatic rings. The molecule has 3 heteroatoms. The van der Waals surface area contributed by atoms with Gasteiger partial charge in [0.05, 0.1) is 0 Å². The Hall–Kier alpha value is -2.29. The first-order valence-corrected chi connectivity index (χ1v) is 7.50. The number of carbonyl (C=O) groups is 1. The van der Waals surface area contributed by atoms with Crippen molar-refractivity contribution in [1.82, 2.24) is 5.32 Å². The molecule has 0 radical (unpaired) electrons. The topological polar surface area (TPSA) is 32.3 Å². The molecule has 0 unspecified atom stereocenters. The van der Waals surface area contributed by atoms with Gasteiger partial charge in [-0.1, -0.05) is 36.4 Å². The van der Waals surface area contributed by atoms with E-state index in [-0.39, 0.29) is 5.91 Å². The Morgan fingerprint density at radius 1 is 1.00 bits per heavy atom. The van der Waals surface area contributed by atoms with Crippen LogP contribution in [-0.4, -0.2) is 19.0 Å². The molecule has 0 saturated carbocycles. The first-order chi connectivity index (χ1) is 10.3. The molecule has 21 heavy (non-hydrogen) atoms. The summed E-state index contributed by atoms with van der Waals surface area (Å²) in [5.41, 5.74) is 3.00. The molecular formula is C18H20N2O. The zero-order chi connectivity index (χ0) is 14.5. The second-order valence-corrected chi connectivity index (χ2v) is 5.41. The van der Waals surface area contributed by atoms with Gasteiger partial charge in [-0.25, -0.2) is 0 Å². The minimum atomic E-state index is -0.0140. The molecular weight excluding hydrogens is 260 g/mol. The van der Waals surface area contributed by atoms with Gasteiger partial charge in [-0.05, 0) is 36.6 Å². The van der Waals surface area contributed by atoms with Gasteiger partial charge in [0, 0.05) is 30.9 Å². The number of hydrogen-bond donors (Lipinski definition) is 1. The van der Waals surface area contributed by atoms with E-state index in [2.05, 4.69) is 16.3 Å². The van der Waals surface area contributed by atoms with E-state index < -0.39 is 0 Å². The number of anilines is 1. The Morgan fingerprint density at radius 2 is 1.76 bits per heavy atom.